The molecular weight excluding hydrogens is 438 g/mol. The lowest BCUT2D eigenvalue weighted by atomic mass is 10.1. The van der Waals surface area contributed by atoms with E-state index in [9.17, 15) is 4.79 Å². The number of carbonyl (C=O) groups excluding carboxylic acids is 1. The fraction of sp³-hybridized carbons (Fsp3) is 0.240. The first kappa shape index (κ1) is 22.3. The number of hydrogen-bond acceptors (Lipinski definition) is 6. The molecule has 0 saturated carbocycles. The van der Waals surface area contributed by atoms with Gasteiger partial charge in [0.25, 0.3) is 0 Å². The number of fused-ring (bicyclic) bond motifs is 1. The number of methoxy groups -OCH3 is 1. The molecule has 0 aliphatic rings. The summed E-state index contributed by atoms with van der Waals surface area (Å²) in [5.74, 6) is 0.702. The Kier molecular flexibility index (Phi) is 7.07. The number of aromatic nitrogens is 2. The number of para-hydroxylation sites is 1. The molecule has 0 aliphatic carbocycles. The summed E-state index contributed by atoms with van der Waals surface area (Å²) in [4.78, 5) is 25.4. The van der Waals surface area contributed by atoms with Gasteiger partial charge in [0.15, 0.2) is 5.13 Å². The fourth-order valence-corrected chi connectivity index (χ4v) is 5.19. The monoisotopic (exact) mass is 463 g/mol. The normalized spacial score (nSPS) is 11.1. The lowest BCUT2D eigenvalue weighted by Crippen LogP contribution is -2.31. The van der Waals surface area contributed by atoms with Crippen molar-refractivity contribution in [3.8, 4) is 5.75 Å². The first-order valence-electron chi connectivity index (χ1n) is 10.4. The van der Waals surface area contributed by atoms with E-state index in [4.69, 9.17) is 9.72 Å². The van der Waals surface area contributed by atoms with E-state index in [1.807, 2.05) is 54.2 Å². The van der Waals surface area contributed by atoms with Crippen LogP contribution >= 0.6 is 23.1 Å². The summed E-state index contributed by atoms with van der Waals surface area (Å²) in [7, 11) is 1.63. The summed E-state index contributed by atoms with van der Waals surface area (Å²) in [5.41, 5.74) is 2.71. The molecule has 0 bridgehead atoms. The number of anilines is 1. The van der Waals surface area contributed by atoms with E-state index in [1.165, 1.54) is 16.2 Å². The van der Waals surface area contributed by atoms with Gasteiger partial charge in [0, 0.05) is 22.5 Å². The maximum absolute atomic E-state index is 13.4. The number of benzene rings is 2. The van der Waals surface area contributed by atoms with Crippen molar-refractivity contribution in [2.45, 2.75) is 37.0 Å². The van der Waals surface area contributed by atoms with Gasteiger partial charge in [0.05, 0.1) is 24.8 Å². The smallest absolute Gasteiger partial charge is 0.233 e. The van der Waals surface area contributed by atoms with E-state index in [0.717, 1.165) is 21.3 Å². The number of thioether (sulfide) groups is 1. The van der Waals surface area contributed by atoms with Crippen LogP contribution in [0.4, 0.5) is 5.13 Å². The summed E-state index contributed by atoms with van der Waals surface area (Å²) < 4.78 is 6.45. The third kappa shape index (κ3) is 5.29. The van der Waals surface area contributed by atoms with Crippen LogP contribution in [0.5, 0.6) is 5.75 Å². The Morgan fingerprint density at radius 3 is 2.59 bits per heavy atom. The van der Waals surface area contributed by atoms with Crippen molar-refractivity contribution in [3.05, 3.63) is 78.1 Å². The molecule has 5 nitrogen and oxygen atoms in total. The summed E-state index contributed by atoms with van der Waals surface area (Å²) in [6.07, 6.45) is 3.82. The van der Waals surface area contributed by atoms with E-state index in [2.05, 4.69) is 31.0 Å². The summed E-state index contributed by atoms with van der Waals surface area (Å²) in [6.45, 7) is 4.76. The highest BCUT2D eigenvalue weighted by atomic mass is 32.2. The number of amides is 1. The minimum atomic E-state index is -0.00358. The van der Waals surface area contributed by atoms with Gasteiger partial charge in [0.1, 0.15) is 11.3 Å². The maximum Gasteiger partial charge on any atom is 0.233 e. The number of carbonyl (C=O) groups is 1. The second kappa shape index (κ2) is 10.1. The number of hydrogen-bond donors (Lipinski definition) is 0. The zero-order valence-corrected chi connectivity index (χ0v) is 20.0. The molecular formula is C25H25N3O2S2. The molecule has 0 radical (unpaired) electrons. The SMILES string of the molecule is COc1cccc2sc(N(Cc3cccnc3)C(=O)Cc3ccc(SC(C)C)cc3)nc12. The van der Waals surface area contributed by atoms with E-state index in [1.54, 1.807) is 24.4 Å². The van der Waals surface area contributed by atoms with Crippen LogP contribution in [-0.4, -0.2) is 28.2 Å². The Morgan fingerprint density at radius 2 is 1.91 bits per heavy atom. The van der Waals surface area contributed by atoms with Crippen LogP contribution in [0.1, 0.15) is 25.0 Å². The molecule has 0 N–H and O–H groups in total. The van der Waals surface area contributed by atoms with Gasteiger partial charge in [-0.25, -0.2) is 4.98 Å². The molecule has 2 aromatic carbocycles. The Hall–Kier alpha value is -2.90. The molecule has 0 atom stereocenters. The Bertz CT molecular complexity index is 1190. The van der Waals surface area contributed by atoms with Crippen molar-refractivity contribution >= 4 is 44.4 Å². The molecule has 2 heterocycles. The lowest BCUT2D eigenvalue weighted by molar-refractivity contribution is -0.118. The van der Waals surface area contributed by atoms with Crippen LogP contribution in [0.3, 0.4) is 0 Å². The zero-order chi connectivity index (χ0) is 22.5. The molecule has 0 aliphatic heterocycles. The minimum absolute atomic E-state index is 0.00358. The first-order valence-corrected chi connectivity index (χ1v) is 12.1. The molecule has 0 unspecified atom stereocenters. The Labute approximate surface area is 196 Å². The van der Waals surface area contributed by atoms with Gasteiger partial charge in [-0.1, -0.05) is 49.4 Å². The molecule has 4 rings (SSSR count). The average Bonchev–Trinajstić information content (AvgIpc) is 3.23. The quantitative estimate of drug-likeness (QED) is 0.301. The highest BCUT2D eigenvalue weighted by Gasteiger charge is 2.22. The lowest BCUT2D eigenvalue weighted by Gasteiger charge is -2.20. The second-order valence-corrected chi connectivity index (χ2v) is 10.3. The second-order valence-electron chi connectivity index (χ2n) is 7.63. The Morgan fingerprint density at radius 1 is 1.09 bits per heavy atom. The van der Waals surface area contributed by atoms with Crippen molar-refractivity contribution in [3.63, 3.8) is 0 Å². The van der Waals surface area contributed by atoms with Crippen molar-refractivity contribution in [1.82, 2.24) is 9.97 Å². The fourth-order valence-electron chi connectivity index (χ4n) is 3.36. The molecule has 4 aromatic rings. The van der Waals surface area contributed by atoms with E-state index < -0.39 is 0 Å². The predicted molar refractivity (Wildman–Crippen MR) is 133 cm³/mol. The van der Waals surface area contributed by atoms with Gasteiger partial charge < -0.3 is 4.74 Å². The van der Waals surface area contributed by atoms with Crippen molar-refractivity contribution in [1.29, 1.82) is 0 Å². The highest BCUT2D eigenvalue weighted by molar-refractivity contribution is 7.99. The van der Waals surface area contributed by atoms with E-state index in [0.29, 0.717) is 29.1 Å². The standard InChI is InChI=1S/C25H25N3O2S2/c1-17(2)31-20-11-9-18(10-12-20)14-23(29)28(16-19-6-5-13-26-15-19)25-27-24-21(30-3)7-4-8-22(24)32-25/h4-13,15,17H,14,16H2,1-3H3. The van der Waals surface area contributed by atoms with Gasteiger partial charge >= 0.3 is 0 Å². The molecule has 0 saturated heterocycles. The number of thiazole rings is 1. The van der Waals surface area contributed by atoms with Gasteiger partial charge in [-0.2, -0.15) is 0 Å². The summed E-state index contributed by atoms with van der Waals surface area (Å²) >= 11 is 3.31. The van der Waals surface area contributed by atoms with Crippen LogP contribution in [0.25, 0.3) is 10.2 Å². The summed E-state index contributed by atoms with van der Waals surface area (Å²) in [6, 6.07) is 17.9. The average molecular weight is 464 g/mol. The van der Waals surface area contributed by atoms with Crippen LogP contribution < -0.4 is 9.64 Å². The van der Waals surface area contributed by atoms with Gasteiger partial charge in [-0.3, -0.25) is 14.7 Å². The molecule has 32 heavy (non-hydrogen) atoms. The van der Waals surface area contributed by atoms with Gasteiger partial charge in [-0.05, 0) is 41.5 Å². The van der Waals surface area contributed by atoms with Crippen molar-refractivity contribution in [2.24, 2.45) is 0 Å². The number of rotatable bonds is 8. The van der Waals surface area contributed by atoms with E-state index in [-0.39, 0.29) is 5.91 Å². The number of ether oxygens (including phenoxy) is 1. The predicted octanol–water partition coefficient (Wildman–Crippen LogP) is 5.98. The highest BCUT2D eigenvalue weighted by Crippen LogP contribution is 2.35. The van der Waals surface area contributed by atoms with Crippen LogP contribution in [-0.2, 0) is 17.8 Å². The maximum atomic E-state index is 13.4. The van der Waals surface area contributed by atoms with Gasteiger partial charge in [0.2, 0.25) is 5.91 Å². The number of pyridine rings is 1. The van der Waals surface area contributed by atoms with Crippen LogP contribution in [0.15, 0.2) is 71.9 Å². The minimum Gasteiger partial charge on any atom is -0.494 e. The van der Waals surface area contributed by atoms with Gasteiger partial charge in [-0.15, -0.1) is 11.8 Å². The molecule has 0 spiro atoms. The molecule has 2 aromatic heterocycles. The molecule has 7 heteroatoms. The largest absolute Gasteiger partial charge is 0.494 e. The molecule has 1 amide bonds. The third-order valence-electron chi connectivity index (χ3n) is 4.84. The zero-order valence-electron chi connectivity index (χ0n) is 18.3. The van der Waals surface area contributed by atoms with Crippen LogP contribution in [0, 0.1) is 0 Å². The first-order chi connectivity index (χ1) is 15.5. The van der Waals surface area contributed by atoms with Crippen molar-refractivity contribution in [2.75, 3.05) is 12.0 Å². The third-order valence-corrected chi connectivity index (χ3v) is 6.90. The van der Waals surface area contributed by atoms with Crippen LogP contribution in [0.2, 0.25) is 0 Å². The molecule has 0 fully saturated rings. The molecule has 164 valence electrons. The number of nitrogens with zero attached hydrogens (tertiary/aromatic N) is 3. The summed E-state index contributed by atoms with van der Waals surface area (Å²) in [5, 5.41) is 1.18. The topological polar surface area (TPSA) is 55.3 Å². The van der Waals surface area contributed by atoms with E-state index >= 15 is 0 Å². The van der Waals surface area contributed by atoms with Crippen molar-refractivity contribution < 1.29 is 9.53 Å². The Balaban J connectivity index is 1.63.